The van der Waals surface area contributed by atoms with Gasteiger partial charge in [-0.25, -0.2) is 9.97 Å². The normalized spacial score (nSPS) is 11.1. The standard InChI is InChI=1S/C15H16F3N5O2S/c1-25-11(24)7-4-8-19-14(26)23-22-12-9-5-2-3-6-10(9)20-13(21-12)15(16,17)18/h2-3,5-6H,4,7-8H2,1H3,(H2,19,23,26)(H,20,21,22). The average Bonchev–Trinajstić information content (AvgIpc) is 2.62. The van der Waals surface area contributed by atoms with Gasteiger partial charge in [-0.2, -0.15) is 13.2 Å². The maximum Gasteiger partial charge on any atom is 0.451 e. The van der Waals surface area contributed by atoms with Crippen LogP contribution in [0.4, 0.5) is 19.0 Å². The fraction of sp³-hybridized carbons (Fsp3) is 0.333. The van der Waals surface area contributed by atoms with Crippen molar-refractivity contribution in [3.8, 4) is 0 Å². The van der Waals surface area contributed by atoms with Crippen molar-refractivity contribution in [3.63, 3.8) is 0 Å². The molecule has 26 heavy (non-hydrogen) atoms. The lowest BCUT2D eigenvalue weighted by Crippen LogP contribution is -2.39. The maximum absolute atomic E-state index is 12.9. The Balaban J connectivity index is 2.01. The molecule has 0 amide bonds. The number of hydrazine groups is 1. The van der Waals surface area contributed by atoms with E-state index in [1.807, 2.05) is 0 Å². The highest BCUT2D eigenvalue weighted by Crippen LogP contribution is 2.29. The second-order valence-corrected chi connectivity index (χ2v) is 5.50. The summed E-state index contributed by atoms with van der Waals surface area (Å²) >= 11 is 5.02. The number of nitrogens with zero attached hydrogens (tertiary/aromatic N) is 2. The summed E-state index contributed by atoms with van der Waals surface area (Å²) in [7, 11) is 1.30. The van der Waals surface area contributed by atoms with Crippen molar-refractivity contribution >= 4 is 40.0 Å². The molecule has 1 heterocycles. The molecule has 0 saturated heterocycles. The number of anilines is 1. The first-order valence-electron chi connectivity index (χ1n) is 7.52. The maximum atomic E-state index is 12.9. The molecule has 2 aromatic rings. The van der Waals surface area contributed by atoms with Crippen LogP contribution in [0.3, 0.4) is 0 Å². The van der Waals surface area contributed by atoms with E-state index in [0.29, 0.717) is 18.4 Å². The highest BCUT2D eigenvalue weighted by Gasteiger charge is 2.35. The van der Waals surface area contributed by atoms with Crippen LogP contribution in [-0.4, -0.2) is 34.7 Å². The molecule has 7 nitrogen and oxygen atoms in total. The molecule has 11 heteroatoms. The monoisotopic (exact) mass is 387 g/mol. The first-order valence-corrected chi connectivity index (χ1v) is 7.92. The van der Waals surface area contributed by atoms with Gasteiger partial charge in [-0.1, -0.05) is 12.1 Å². The summed E-state index contributed by atoms with van der Waals surface area (Å²) in [6.07, 6.45) is -3.96. The van der Waals surface area contributed by atoms with Crippen molar-refractivity contribution in [2.24, 2.45) is 0 Å². The van der Waals surface area contributed by atoms with Crippen LogP contribution >= 0.6 is 12.2 Å². The number of para-hydroxylation sites is 1. The Hall–Kier alpha value is -2.69. The first-order chi connectivity index (χ1) is 12.3. The number of carbonyl (C=O) groups excluding carboxylic acids is 1. The molecule has 3 N–H and O–H groups in total. The summed E-state index contributed by atoms with van der Waals surface area (Å²) in [6, 6.07) is 6.29. The molecule has 1 aromatic heterocycles. The van der Waals surface area contributed by atoms with Gasteiger partial charge in [0, 0.05) is 18.4 Å². The van der Waals surface area contributed by atoms with E-state index in [1.165, 1.54) is 13.2 Å². The summed E-state index contributed by atoms with van der Waals surface area (Å²) in [6.45, 7) is 0.390. The van der Waals surface area contributed by atoms with E-state index < -0.39 is 12.0 Å². The van der Waals surface area contributed by atoms with Crippen LogP contribution in [-0.2, 0) is 15.7 Å². The van der Waals surface area contributed by atoms with E-state index in [-0.39, 0.29) is 28.8 Å². The lowest BCUT2D eigenvalue weighted by Gasteiger charge is -2.14. The van der Waals surface area contributed by atoms with Gasteiger partial charge in [-0.15, -0.1) is 0 Å². The second-order valence-electron chi connectivity index (χ2n) is 5.10. The number of carbonyl (C=O) groups is 1. The molecule has 1 aromatic carbocycles. The molecule has 140 valence electrons. The van der Waals surface area contributed by atoms with Gasteiger partial charge in [0.1, 0.15) is 0 Å². The van der Waals surface area contributed by atoms with Crippen molar-refractivity contribution in [1.29, 1.82) is 0 Å². The van der Waals surface area contributed by atoms with Gasteiger partial charge in [0.05, 0.1) is 12.6 Å². The minimum absolute atomic E-state index is 0.0540. The number of alkyl halides is 3. The third-order valence-electron chi connectivity index (χ3n) is 3.22. The molecule has 0 atom stereocenters. The van der Waals surface area contributed by atoms with Crippen LogP contribution in [0.5, 0.6) is 0 Å². The number of rotatable bonds is 6. The third kappa shape index (κ3) is 5.41. The number of benzene rings is 1. The summed E-state index contributed by atoms with van der Waals surface area (Å²) in [5.41, 5.74) is 5.28. The largest absolute Gasteiger partial charge is 0.469 e. The van der Waals surface area contributed by atoms with E-state index >= 15 is 0 Å². The number of fused-ring (bicyclic) bond motifs is 1. The Kier molecular flexibility index (Phi) is 6.50. The Morgan fingerprint density at radius 3 is 2.69 bits per heavy atom. The molecule has 0 radical (unpaired) electrons. The summed E-state index contributed by atoms with van der Waals surface area (Å²) in [4.78, 5) is 18.0. The smallest absolute Gasteiger partial charge is 0.451 e. The molecular formula is C15H16F3N5O2S. The number of aromatic nitrogens is 2. The average molecular weight is 387 g/mol. The van der Waals surface area contributed by atoms with E-state index in [0.717, 1.165) is 0 Å². The van der Waals surface area contributed by atoms with Gasteiger partial charge in [-0.05, 0) is 30.8 Å². The fourth-order valence-corrected chi connectivity index (χ4v) is 2.15. The van der Waals surface area contributed by atoms with Gasteiger partial charge >= 0.3 is 12.1 Å². The van der Waals surface area contributed by atoms with Gasteiger partial charge < -0.3 is 10.1 Å². The number of hydrogen-bond donors (Lipinski definition) is 3. The molecule has 0 aliphatic carbocycles. The summed E-state index contributed by atoms with van der Waals surface area (Å²) < 4.78 is 43.3. The van der Waals surface area contributed by atoms with Crippen molar-refractivity contribution < 1.29 is 22.7 Å². The van der Waals surface area contributed by atoms with Crippen LogP contribution in [0.25, 0.3) is 10.9 Å². The van der Waals surface area contributed by atoms with Gasteiger partial charge in [0.25, 0.3) is 0 Å². The summed E-state index contributed by atoms with van der Waals surface area (Å²) in [5, 5.41) is 3.36. The fourth-order valence-electron chi connectivity index (χ4n) is 2.00. The van der Waals surface area contributed by atoms with E-state index in [2.05, 4.69) is 30.9 Å². The van der Waals surface area contributed by atoms with Crippen molar-refractivity contribution in [2.45, 2.75) is 19.0 Å². The number of methoxy groups -OCH3 is 1. The van der Waals surface area contributed by atoms with Crippen LogP contribution in [0.2, 0.25) is 0 Å². The lowest BCUT2D eigenvalue weighted by atomic mass is 10.2. The zero-order valence-electron chi connectivity index (χ0n) is 13.7. The molecule has 0 aliphatic heterocycles. The molecule has 0 fully saturated rings. The molecule has 0 aliphatic rings. The number of hydrogen-bond acceptors (Lipinski definition) is 6. The van der Waals surface area contributed by atoms with Crippen LogP contribution in [0.1, 0.15) is 18.7 Å². The Morgan fingerprint density at radius 1 is 1.27 bits per heavy atom. The zero-order chi connectivity index (χ0) is 19.2. The van der Waals surface area contributed by atoms with Crippen LogP contribution < -0.4 is 16.2 Å². The number of halogens is 3. The second kappa shape index (κ2) is 8.61. The van der Waals surface area contributed by atoms with E-state index in [9.17, 15) is 18.0 Å². The molecule has 0 spiro atoms. The molecule has 2 rings (SSSR count). The quantitative estimate of drug-likeness (QED) is 0.301. The highest BCUT2D eigenvalue weighted by molar-refractivity contribution is 7.80. The number of thiocarbonyl (C=S) groups is 1. The Bertz CT molecular complexity index is 800. The number of nitrogens with one attached hydrogen (secondary N) is 3. The lowest BCUT2D eigenvalue weighted by molar-refractivity contribution is -0.144. The van der Waals surface area contributed by atoms with Crippen molar-refractivity contribution in [1.82, 2.24) is 20.7 Å². The predicted molar refractivity (Wildman–Crippen MR) is 93.1 cm³/mol. The van der Waals surface area contributed by atoms with E-state index in [4.69, 9.17) is 12.2 Å². The molecular weight excluding hydrogens is 371 g/mol. The van der Waals surface area contributed by atoms with Gasteiger partial charge in [0.2, 0.25) is 5.82 Å². The first kappa shape index (κ1) is 19.6. The van der Waals surface area contributed by atoms with Gasteiger partial charge in [-0.3, -0.25) is 15.6 Å². The predicted octanol–water partition coefficient (Wildman–Crippen LogP) is 2.39. The zero-order valence-corrected chi connectivity index (χ0v) is 14.5. The topological polar surface area (TPSA) is 88.2 Å². The van der Waals surface area contributed by atoms with Crippen LogP contribution in [0.15, 0.2) is 24.3 Å². The minimum atomic E-state index is -4.67. The van der Waals surface area contributed by atoms with Crippen molar-refractivity contribution in [2.75, 3.05) is 19.1 Å². The van der Waals surface area contributed by atoms with Gasteiger partial charge in [0.15, 0.2) is 10.9 Å². The number of esters is 1. The Labute approximate surface area is 152 Å². The number of ether oxygens (including phenoxy) is 1. The Morgan fingerprint density at radius 2 is 2.00 bits per heavy atom. The molecule has 0 unspecified atom stereocenters. The van der Waals surface area contributed by atoms with Crippen LogP contribution in [0, 0.1) is 0 Å². The SMILES string of the molecule is COC(=O)CCCNC(=S)NNc1nc(C(F)(F)F)nc2ccccc12. The molecule has 0 bridgehead atoms. The summed E-state index contributed by atoms with van der Waals surface area (Å²) in [5.74, 6) is -1.64. The van der Waals surface area contributed by atoms with Crippen molar-refractivity contribution in [3.05, 3.63) is 30.1 Å². The van der Waals surface area contributed by atoms with E-state index in [1.54, 1.807) is 18.2 Å². The highest BCUT2D eigenvalue weighted by atomic mass is 32.1. The molecule has 0 saturated carbocycles. The minimum Gasteiger partial charge on any atom is -0.469 e. The third-order valence-corrected chi connectivity index (χ3v) is 3.47.